The molecule has 5 heterocycles. The molecule has 5 aromatic heterocycles. The van der Waals surface area contributed by atoms with E-state index in [1.54, 1.807) is 0 Å². The topological polar surface area (TPSA) is 40.6 Å². The summed E-state index contributed by atoms with van der Waals surface area (Å²) in [4.78, 5) is 9.55. The fourth-order valence-corrected chi connectivity index (χ4v) is 7.55. The Bertz CT molecular complexity index is 2420. The Morgan fingerprint density at radius 1 is 0.489 bits per heavy atom. The number of pyridine rings is 2. The number of rotatable bonds is 3. The number of benzene rings is 4. The minimum atomic E-state index is 0.251. The van der Waals surface area contributed by atoms with Crippen LogP contribution in [0.15, 0.2) is 146 Å². The van der Waals surface area contributed by atoms with Crippen LogP contribution in [0.5, 0.6) is 0 Å². The Kier molecular flexibility index (Phi) is 5.05. The van der Waals surface area contributed by atoms with Gasteiger partial charge in [-0.05, 0) is 79.2 Å². The van der Waals surface area contributed by atoms with Crippen LogP contribution in [-0.4, -0.2) is 23.7 Å². The van der Waals surface area contributed by atoms with Gasteiger partial charge in [0, 0.05) is 56.3 Å². The van der Waals surface area contributed by atoms with Crippen molar-refractivity contribution in [2.45, 2.75) is 12.5 Å². The number of hydrogen-bond donors (Lipinski definition) is 0. The van der Waals surface area contributed by atoms with Crippen molar-refractivity contribution in [2.75, 3.05) is 0 Å². The third kappa shape index (κ3) is 3.43. The summed E-state index contributed by atoms with van der Waals surface area (Å²) < 4.78 is 7.22. The number of hydrogen-bond acceptors (Lipinski definition) is 2. The summed E-state index contributed by atoms with van der Waals surface area (Å²) in [5, 5.41) is 4.80. The molecule has 10 rings (SSSR count). The van der Waals surface area contributed by atoms with Crippen LogP contribution in [0.2, 0.25) is 0 Å². The van der Waals surface area contributed by atoms with Gasteiger partial charge in [-0.1, -0.05) is 60.7 Å². The van der Waals surface area contributed by atoms with E-state index in [4.69, 9.17) is 9.97 Å². The predicted molar refractivity (Wildman–Crippen MR) is 186 cm³/mol. The van der Waals surface area contributed by atoms with Crippen LogP contribution < -0.4 is 0 Å². The first kappa shape index (κ1) is 24.5. The van der Waals surface area contributed by atoms with E-state index >= 15 is 0 Å². The summed E-state index contributed by atoms with van der Waals surface area (Å²) in [7, 11) is 0. The highest BCUT2D eigenvalue weighted by Gasteiger charge is 2.21. The number of aromatic nitrogens is 5. The molecule has 0 spiro atoms. The quantitative estimate of drug-likeness (QED) is 0.210. The zero-order valence-electron chi connectivity index (χ0n) is 24.4. The van der Waals surface area contributed by atoms with E-state index in [1.165, 1.54) is 21.8 Å². The molecule has 9 aromatic rings. The Labute approximate surface area is 258 Å². The molecule has 0 radical (unpaired) electrons. The van der Waals surface area contributed by atoms with Gasteiger partial charge in [-0.3, -0.25) is 9.97 Å². The fourth-order valence-electron chi connectivity index (χ4n) is 7.55. The molecular formula is C40H27N5. The van der Waals surface area contributed by atoms with Crippen molar-refractivity contribution in [2.24, 2.45) is 0 Å². The molecule has 5 nitrogen and oxygen atoms in total. The maximum Gasteiger partial charge on any atom is 0.0963 e. The average Bonchev–Trinajstić information content (AvgIpc) is 3.74. The van der Waals surface area contributed by atoms with Gasteiger partial charge in [0.2, 0.25) is 0 Å². The minimum absolute atomic E-state index is 0.251. The number of para-hydroxylation sites is 2. The molecule has 0 amide bonds. The lowest BCUT2D eigenvalue weighted by Gasteiger charge is -2.18. The van der Waals surface area contributed by atoms with Crippen molar-refractivity contribution in [3.8, 4) is 11.4 Å². The van der Waals surface area contributed by atoms with Crippen LogP contribution >= 0.6 is 0 Å². The molecule has 1 atom stereocenters. The minimum Gasteiger partial charge on any atom is -0.333 e. The lowest BCUT2D eigenvalue weighted by Crippen LogP contribution is -2.07. The Morgan fingerprint density at radius 2 is 1.02 bits per heavy atom. The number of allylic oxidation sites excluding steroid dienone is 4. The standard InChI is InChI=1S/C40H27N5/c1-2-10-26(11-3-1)43-35-20-18-27(44-33-14-6-4-12-29(33)39-37(44)16-8-22-41-39)24-31(35)32-25-28(19-21-36(32)43)45-34-15-7-5-13-30(34)40-38(45)17-9-23-42-40/h1-10,12-26H,11H2. The first-order valence-corrected chi connectivity index (χ1v) is 15.5. The lowest BCUT2D eigenvalue weighted by molar-refractivity contribution is 0.648. The molecular weight excluding hydrogens is 550 g/mol. The van der Waals surface area contributed by atoms with E-state index in [9.17, 15) is 0 Å². The van der Waals surface area contributed by atoms with Gasteiger partial charge in [-0.2, -0.15) is 0 Å². The first-order chi connectivity index (χ1) is 22.3. The third-order valence-corrected chi connectivity index (χ3v) is 9.43. The molecule has 0 fully saturated rings. The predicted octanol–water partition coefficient (Wildman–Crippen LogP) is 9.84. The average molecular weight is 578 g/mol. The third-order valence-electron chi connectivity index (χ3n) is 9.43. The Hall–Kier alpha value is -5.94. The molecule has 5 heteroatoms. The molecule has 4 aromatic carbocycles. The van der Waals surface area contributed by atoms with Crippen LogP contribution in [0.25, 0.3) is 77.1 Å². The summed E-state index contributed by atoms with van der Waals surface area (Å²) in [5.74, 6) is 0. The van der Waals surface area contributed by atoms with E-state index < -0.39 is 0 Å². The molecule has 1 aliphatic rings. The Balaban J connectivity index is 1.29. The maximum absolute atomic E-state index is 4.78. The van der Waals surface area contributed by atoms with Gasteiger partial charge in [0.25, 0.3) is 0 Å². The molecule has 1 unspecified atom stereocenters. The van der Waals surface area contributed by atoms with Crippen molar-refractivity contribution in [1.29, 1.82) is 0 Å². The van der Waals surface area contributed by atoms with Gasteiger partial charge in [-0.25, -0.2) is 0 Å². The second-order valence-electron chi connectivity index (χ2n) is 11.8. The first-order valence-electron chi connectivity index (χ1n) is 15.5. The lowest BCUT2D eigenvalue weighted by atomic mass is 10.1. The van der Waals surface area contributed by atoms with Crippen LogP contribution in [0.1, 0.15) is 12.5 Å². The van der Waals surface area contributed by atoms with E-state index in [1.807, 2.05) is 24.5 Å². The van der Waals surface area contributed by atoms with Crippen LogP contribution in [0, 0.1) is 0 Å². The van der Waals surface area contributed by atoms with E-state index in [0.29, 0.717) is 0 Å². The summed E-state index contributed by atoms with van der Waals surface area (Å²) in [6.07, 6.45) is 13.6. The van der Waals surface area contributed by atoms with Gasteiger partial charge in [0.1, 0.15) is 0 Å². The fraction of sp³-hybridized carbons (Fsp3) is 0.0500. The zero-order valence-corrected chi connectivity index (χ0v) is 24.4. The second kappa shape index (κ2) is 9.28. The summed E-state index contributed by atoms with van der Waals surface area (Å²) >= 11 is 0. The molecule has 0 saturated carbocycles. The van der Waals surface area contributed by atoms with Gasteiger partial charge in [0.05, 0.1) is 39.1 Å². The monoisotopic (exact) mass is 577 g/mol. The smallest absolute Gasteiger partial charge is 0.0963 e. The number of fused-ring (bicyclic) bond motifs is 9. The highest BCUT2D eigenvalue weighted by atomic mass is 15.0. The second-order valence-corrected chi connectivity index (χ2v) is 11.8. The zero-order chi connectivity index (χ0) is 29.5. The van der Waals surface area contributed by atoms with Crippen LogP contribution in [-0.2, 0) is 0 Å². The van der Waals surface area contributed by atoms with Gasteiger partial charge < -0.3 is 13.7 Å². The molecule has 0 N–H and O–H groups in total. The van der Waals surface area contributed by atoms with Crippen molar-refractivity contribution in [3.05, 3.63) is 146 Å². The molecule has 1 aliphatic carbocycles. The van der Waals surface area contributed by atoms with E-state index in [-0.39, 0.29) is 6.04 Å². The van der Waals surface area contributed by atoms with Crippen molar-refractivity contribution in [1.82, 2.24) is 23.7 Å². The van der Waals surface area contributed by atoms with Crippen molar-refractivity contribution >= 4 is 65.7 Å². The number of nitrogens with zero attached hydrogens (tertiary/aromatic N) is 5. The van der Waals surface area contributed by atoms with Gasteiger partial charge in [0.15, 0.2) is 0 Å². The van der Waals surface area contributed by atoms with E-state index in [2.05, 4.69) is 135 Å². The van der Waals surface area contributed by atoms with Gasteiger partial charge >= 0.3 is 0 Å². The SMILES string of the molecule is C1=CCC(n2c3ccc(-n4c5ccccc5c5ncccc54)cc3c3cc(-n4c5ccccc5c5ncccc54)ccc32)C=C1. The van der Waals surface area contributed by atoms with Crippen molar-refractivity contribution in [3.63, 3.8) is 0 Å². The highest BCUT2D eigenvalue weighted by Crippen LogP contribution is 2.39. The summed E-state index contributed by atoms with van der Waals surface area (Å²) in [6.45, 7) is 0. The Morgan fingerprint density at radius 3 is 1.56 bits per heavy atom. The summed E-state index contributed by atoms with van der Waals surface area (Å²) in [5.41, 5.74) is 11.3. The normalized spacial score (nSPS) is 15.1. The highest BCUT2D eigenvalue weighted by molar-refractivity contribution is 6.12. The van der Waals surface area contributed by atoms with Crippen molar-refractivity contribution < 1.29 is 0 Å². The molecule has 0 bridgehead atoms. The molecule has 0 aliphatic heterocycles. The molecule has 212 valence electrons. The van der Waals surface area contributed by atoms with Crippen LogP contribution in [0.3, 0.4) is 0 Å². The largest absolute Gasteiger partial charge is 0.333 e. The van der Waals surface area contributed by atoms with Crippen LogP contribution in [0.4, 0.5) is 0 Å². The van der Waals surface area contributed by atoms with Gasteiger partial charge in [-0.15, -0.1) is 0 Å². The summed E-state index contributed by atoms with van der Waals surface area (Å²) in [6, 6.07) is 39.6. The van der Waals surface area contributed by atoms with E-state index in [0.717, 1.165) is 61.7 Å². The maximum atomic E-state index is 4.78. The molecule has 0 saturated heterocycles. The molecule has 45 heavy (non-hydrogen) atoms.